The van der Waals surface area contributed by atoms with Gasteiger partial charge in [0.2, 0.25) is 5.95 Å². The van der Waals surface area contributed by atoms with Gasteiger partial charge in [0.15, 0.2) is 5.78 Å². The molecule has 3 rings (SSSR count). The summed E-state index contributed by atoms with van der Waals surface area (Å²) in [4.78, 5) is 21.0. The van der Waals surface area contributed by atoms with Gasteiger partial charge in [0, 0.05) is 23.1 Å². The second-order valence-corrected chi connectivity index (χ2v) is 6.83. The number of carbonyl (C=O) groups is 1. The van der Waals surface area contributed by atoms with E-state index in [4.69, 9.17) is 0 Å². The SMILES string of the molecule is CC(C)=CC(=O)c1ccc(NCc2nc(Nc3ccccc3)ncc2C)cc1. The third-order valence-electron chi connectivity index (χ3n) is 4.16. The Balaban J connectivity index is 1.66. The Morgan fingerprint density at radius 3 is 2.39 bits per heavy atom. The molecule has 0 saturated carbocycles. The fourth-order valence-electron chi connectivity index (χ4n) is 2.65. The number of anilines is 3. The van der Waals surface area contributed by atoms with E-state index in [1.54, 1.807) is 6.08 Å². The van der Waals surface area contributed by atoms with Crippen molar-refractivity contribution in [3.05, 3.63) is 89.3 Å². The number of aryl methyl sites for hydroxylation is 1. The molecule has 2 aromatic carbocycles. The maximum Gasteiger partial charge on any atom is 0.227 e. The predicted molar refractivity (Wildman–Crippen MR) is 114 cm³/mol. The first-order chi connectivity index (χ1) is 13.5. The van der Waals surface area contributed by atoms with Crippen LogP contribution in [0.4, 0.5) is 17.3 Å². The first kappa shape index (κ1) is 19.3. The van der Waals surface area contributed by atoms with Crippen molar-refractivity contribution < 1.29 is 4.79 Å². The molecule has 5 nitrogen and oxygen atoms in total. The molecule has 5 heteroatoms. The fraction of sp³-hybridized carbons (Fsp3) is 0.174. The lowest BCUT2D eigenvalue weighted by atomic mass is 10.1. The van der Waals surface area contributed by atoms with Crippen LogP contribution in [-0.2, 0) is 6.54 Å². The molecule has 0 fully saturated rings. The van der Waals surface area contributed by atoms with Crippen molar-refractivity contribution in [3.8, 4) is 0 Å². The van der Waals surface area contributed by atoms with Crippen molar-refractivity contribution in [1.29, 1.82) is 0 Å². The van der Waals surface area contributed by atoms with E-state index in [0.717, 1.165) is 28.2 Å². The molecule has 28 heavy (non-hydrogen) atoms. The number of nitrogens with zero attached hydrogens (tertiary/aromatic N) is 2. The molecule has 2 N–H and O–H groups in total. The van der Waals surface area contributed by atoms with Crippen molar-refractivity contribution in [3.63, 3.8) is 0 Å². The zero-order chi connectivity index (χ0) is 19.9. The van der Waals surface area contributed by atoms with Gasteiger partial charge in [0.05, 0.1) is 12.2 Å². The number of nitrogens with one attached hydrogen (secondary N) is 2. The third kappa shape index (κ3) is 5.27. The Kier molecular flexibility index (Phi) is 6.17. The van der Waals surface area contributed by atoms with Gasteiger partial charge in [0.25, 0.3) is 0 Å². The number of para-hydroxylation sites is 1. The molecule has 3 aromatic rings. The highest BCUT2D eigenvalue weighted by atomic mass is 16.1. The quantitative estimate of drug-likeness (QED) is 0.436. The van der Waals surface area contributed by atoms with Crippen molar-refractivity contribution >= 4 is 23.1 Å². The van der Waals surface area contributed by atoms with E-state index in [1.165, 1.54) is 0 Å². The van der Waals surface area contributed by atoms with E-state index < -0.39 is 0 Å². The van der Waals surface area contributed by atoms with Crippen LogP contribution in [0, 0.1) is 6.92 Å². The maximum atomic E-state index is 12.1. The summed E-state index contributed by atoms with van der Waals surface area (Å²) in [6.07, 6.45) is 3.46. The summed E-state index contributed by atoms with van der Waals surface area (Å²) in [7, 11) is 0. The Labute approximate surface area is 165 Å². The van der Waals surface area contributed by atoms with Crippen LogP contribution in [0.5, 0.6) is 0 Å². The number of allylic oxidation sites excluding steroid dienone is 2. The summed E-state index contributed by atoms with van der Waals surface area (Å²) >= 11 is 0. The summed E-state index contributed by atoms with van der Waals surface area (Å²) in [5, 5.41) is 6.57. The van der Waals surface area contributed by atoms with E-state index in [9.17, 15) is 4.79 Å². The largest absolute Gasteiger partial charge is 0.379 e. The highest BCUT2D eigenvalue weighted by Gasteiger charge is 2.06. The molecule has 0 atom stereocenters. The summed E-state index contributed by atoms with van der Waals surface area (Å²) < 4.78 is 0. The lowest BCUT2D eigenvalue weighted by Crippen LogP contribution is -2.07. The molecule has 0 aliphatic heterocycles. The van der Waals surface area contributed by atoms with Crippen molar-refractivity contribution in [1.82, 2.24) is 9.97 Å². The Hall–Kier alpha value is -3.47. The second-order valence-electron chi connectivity index (χ2n) is 6.83. The van der Waals surface area contributed by atoms with E-state index >= 15 is 0 Å². The minimum absolute atomic E-state index is 0.0230. The molecule has 0 unspecified atom stereocenters. The molecule has 0 amide bonds. The number of carbonyl (C=O) groups excluding carboxylic acids is 1. The van der Waals surface area contributed by atoms with Crippen molar-refractivity contribution in [2.75, 3.05) is 10.6 Å². The van der Waals surface area contributed by atoms with Gasteiger partial charge >= 0.3 is 0 Å². The molecule has 0 saturated heterocycles. The van der Waals surface area contributed by atoms with Gasteiger partial charge in [-0.3, -0.25) is 4.79 Å². The van der Waals surface area contributed by atoms with E-state index in [0.29, 0.717) is 18.1 Å². The van der Waals surface area contributed by atoms with Crippen LogP contribution >= 0.6 is 0 Å². The van der Waals surface area contributed by atoms with Gasteiger partial charge in [-0.2, -0.15) is 0 Å². The first-order valence-corrected chi connectivity index (χ1v) is 9.19. The Bertz CT molecular complexity index is 975. The fourth-order valence-corrected chi connectivity index (χ4v) is 2.65. The number of hydrogen-bond acceptors (Lipinski definition) is 5. The molecule has 142 valence electrons. The van der Waals surface area contributed by atoms with Gasteiger partial charge in [-0.05, 0) is 68.8 Å². The number of benzene rings is 2. The van der Waals surface area contributed by atoms with Gasteiger partial charge in [-0.1, -0.05) is 23.8 Å². The monoisotopic (exact) mass is 372 g/mol. The summed E-state index contributed by atoms with van der Waals surface area (Å²) in [5.74, 6) is 0.589. The molecule has 0 aliphatic carbocycles. The summed E-state index contributed by atoms with van der Waals surface area (Å²) in [6, 6.07) is 17.3. The van der Waals surface area contributed by atoms with Crippen LogP contribution in [-0.4, -0.2) is 15.8 Å². The van der Waals surface area contributed by atoms with E-state index in [1.807, 2.05) is 81.6 Å². The number of aromatic nitrogens is 2. The topological polar surface area (TPSA) is 66.9 Å². The standard InChI is InChI=1S/C23H24N4O/c1-16(2)13-22(28)18-9-11-19(12-10-18)24-15-21-17(3)14-25-23(27-21)26-20-7-5-4-6-8-20/h4-14,24H,15H2,1-3H3,(H,25,26,27). The van der Waals surface area contributed by atoms with Gasteiger partial charge in [-0.25, -0.2) is 9.97 Å². The predicted octanol–water partition coefficient (Wildman–Crippen LogP) is 5.29. The molecule has 0 aliphatic rings. The first-order valence-electron chi connectivity index (χ1n) is 9.19. The van der Waals surface area contributed by atoms with Crippen molar-refractivity contribution in [2.24, 2.45) is 0 Å². The molecule has 1 heterocycles. The van der Waals surface area contributed by atoms with Gasteiger partial charge in [0.1, 0.15) is 0 Å². The van der Waals surface area contributed by atoms with Gasteiger partial charge < -0.3 is 10.6 Å². The minimum atomic E-state index is 0.0230. The molecule has 0 radical (unpaired) electrons. The zero-order valence-electron chi connectivity index (χ0n) is 16.4. The van der Waals surface area contributed by atoms with Gasteiger partial charge in [-0.15, -0.1) is 0 Å². The average Bonchev–Trinajstić information content (AvgIpc) is 2.69. The normalized spacial score (nSPS) is 10.2. The van der Waals surface area contributed by atoms with Crippen LogP contribution < -0.4 is 10.6 Å². The van der Waals surface area contributed by atoms with Crippen molar-refractivity contribution in [2.45, 2.75) is 27.3 Å². The number of hydrogen-bond donors (Lipinski definition) is 2. The van der Waals surface area contributed by atoms with E-state index in [2.05, 4.69) is 20.6 Å². The summed E-state index contributed by atoms with van der Waals surface area (Å²) in [5.41, 5.74) is 5.48. The molecular weight excluding hydrogens is 348 g/mol. The molecular formula is C23H24N4O. The lowest BCUT2D eigenvalue weighted by molar-refractivity contribution is 0.104. The second kappa shape index (κ2) is 8.95. The molecule has 0 spiro atoms. The average molecular weight is 372 g/mol. The number of rotatable bonds is 7. The highest BCUT2D eigenvalue weighted by molar-refractivity contribution is 6.05. The molecule has 1 aromatic heterocycles. The van der Waals surface area contributed by atoms with Crippen LogP contribution in [0.1, 0.15) is 35.5 Å². The third-order valence-corrected chi connectivity index (χ3v) is 4.16. The zero-order valence-corrected chi connectivity index (χ0v) is 16.4. The van der Waals surface area contributed by atoms with Crippen LogP contribution in [0.15, 0.2) is 72.4 Å². The number of ketones is 1. The van der Waals surface area contributed by atoms with Crippen LogP contribution in [0.3, 0.4) is 0 Å². The Morgan fingerprint density at radius 2 is 1.71 bits per heavy atom. The van der Waals surface area contributed by atoms with Crippen LogP contribution in [0.25, 0.3) is 0 Å². The smallest absolute Gasteiger partial charge is 0.227 e. The minimum Gasteiger partial charge on any atom is -0.379 e. The van der Waals surface area contributed by atoms with E-state index in [-0.39, 0.29) is 5.78 Å². The summed E-state index contributed by atoms with van der Waals surface area (Å²) in [6.45, 7) is 6.39. The van der Waals surface area contributed by atoms with Crippen LogP contribution in [0.2, 0.25) is 0 Å². The lowest BCUT2D eigenvalue weighted by Gasteiger charge is -2.11. The highest BCUT2D eigenvalue weighted by Crippen LogP contribution is 2.16. The molecule has 0 bridgehead atoms. The Morgan fingerprint density at radius 1 is 1.00 bits per heavy atom. The maximum absolute atomic E-state index is 12.1.